The van der Waals surface area contributed by atoms with Crippen molar-refractivity contribution in [3.63, 3.8) is 0 Å². The van der Waals surface area contributed by atoms with Crippen molar-refractivity contribution in [3.05, 3.63) is 65.7 Å². The van der Waals surface area contributed by atoms with Gasteiger partial charge in [0.1, 0.15) is 12.7 Å². The second kappa shape index (κ2) is 8.69. The van der Waals surface area contributed by atoms with Gasteiger partial charge in [-0.3, -0.25) is 4.57 Å². The van der Waals surface area contributed by atoms with E-state index in [9.17, 15) is 0 Å². The number of aliphatic imine (C=N–C) groups is 1. The fourth-order valence-electron chi connectivity index (χ4n) is 3.13. The van der Waals surface area contributed by atoms with E-state index in [2.05, 4.69) is 79.3 Å². The molecule has 0 aliphatic heterocycles. The van der Waals surface area contributed by atoms with Crippen molar-refractivity contribution in [1.29, 1.82) is 0 Å². The van der Waals surface area contributed by atoms with E-state index in [0.29, 0.717) is 0 Å². The van der Waals surface area contributed by atoms with Gasteiger partial charge in [-0.2, -0.15) is 0 Å². The van der Waals surface area contributed by atoms with Crippen LogP contribution in [0, 0.1) is 13.8 Å². The van der Waals surface area contributed by atoms with Crippen molar-refractivity contribution >= 4 is 17.7 Å². The summed E-state index contributed by atoms with van der Waals surface area (Å²) in [4.78, 5) is 9.01. The number of nitrogens with zero attached hydrogens (tertiary/aromatic N) is 6. The Bertz CT molecular complexity index is 946. The zero-order chi connectivity index (χ0) is 20.1. The van der Waals surface area contributed by atoms with Gasteiger partial charge in [0.05, 0.1) is 17.7 Å². The Kier molecular flexibility index (Phi) is 6.09. The van der Waals surface area contributed by atoms with Crippen molar-refractivity contribution in [3.8, 4) is 5.69 Å². The maximum atomic E-state index is 4.70. The van der Waals surface area contributed by atoms with Gasteiger partial charge in [0, 0.05) is 32.9 Å². The Morgan fingerprint density at radius 1 is 1.07 bits per heavy atom. The van der Waals surface area contributed by atoms with E-state index in [4.69, 9.17) is 4.99 Å². The Morgan fingerprint density at radius 3 is 2.50 bits per heavy atom. The zero-order valence-corrected chi connectivity index (χ0v) is 17.3. The molecule has 0 atom stereocenters. The molecule has 6 nitrogen and oxygen atoms in total. The first-order valence-electron chi connectivity index (χ1n) is 9.48. The van der Waals surface area contributed by atoms with Crippen molar-refractivity contribution in [2.75, 3.05) is 25.5 Å². The molecule has 0 saturated heterocycles. The summed E-state index contributed by atoms with van der Waals surface area (Å²) in [5.41, 5.74) is 6.76. The normalized spacial score (nSPS) is 11.2. The van der Waals surface area contributed by atoms with Gasteiger partial charge in [0.25, 0.3) is 0 Å². The van der Waals surface area contributed by atoms with Gasteiger partial charge in [-0.25, -0.2) is 4.99 Å². The minimum Gasteiger partial charge on any atom is -0.370 e. The maximum Gasteiger partial charge on any atom is 0.123 e. The first kappa shape index (κ1) is 19.6. The molecule has 0 saturated carbocycles. The molecule has 0 spiro atoms. The van der Waals surface area contributed by atoms with Crippen LogP contribution >= 0.6 is 0 Å². The molecule has 2 aromatic carbocycles. The van der Waals surface area contributed by atoms with Crippen LogP contribution in [-0.2, 0) is 6.54 Å². The summed E-state index contributed by atoms with van der Waals surface area (Å²) in [6.45, 7) is 8.09. The number of anilines is 1. The van der Waals surface area contributed by atoms with Crippen LogP contribution in [0.2, 0.25) is 0 Å². The van der Waals surface area contributed by atoms with Gasteiger partial charge in [-0.15, -0.1) is 10.2 Å². The quantitative estimate of drug-likeness (QED) is 0.459. The molecule has 0 aliphatic carbocycles. The van der Waals surface area contributed by atoms with Crippen LogP contribution in [-0.4, -0.2) is 46.6 Å². The molecule has 1 heterocycles. The number of hydrogen-bond donors (Lipinski definition) is 0. The summed E-state index contributed by atoms with van der Waals surface area (Å²) in [6, 6.07) is 12.9. The van der Waals surface area contributed by atoms with Gasteiger partial charge >= 0.3 is 0 Å². The van der Waals surface area contributed by atoms with E-state index < -0.39 is 0 Å². The van der Waals surface area contributed by atoms with Gasteiger partial charge in [-0.1, -0.05) is 29.8 Å². The number of aromatic nitrogens is 3. The molecule has 0 unspecified atom stereocenters. The minimum atomic E-state index is 0.839. The molecule has 0 amide bonds. The van der Waals surface area contributed by atoms with E-state index in [-0.39, 0.29) is 0 Å². The molecule has 28 heavy (non-hydrogen) atoms. The largest absolute Gasteiger partial charge is 0.370 e. The first-order valence-corrected chi connectivity index (χ1v) is 9.48. The average Bonchev–Trinajstić information content (AvgIpc) is 3.20. The average molecular weight is 377 g/mol. The maximum absolute atomic E-state index is 4.70. The van der Waals surface area contributed by atoms with Crippen LogP contribution in [0.3, 0.4) is 0 Å². The van der Waals surface area contributed by atoms with Gasteiger partial charge in [-0.05, 0) is 44.0 Å². The third kappa shape index (κ3) is 4.57. The molecule has 0 radical (unpaired) electrons. The molecule has 146 valence electrons. The molecule has 3 aromatic rings. The van der Waals surface area contributed by atoms with Crippen LogP contribution in [0.15, 0.2) is 54.0 Å². The Balaban J connectivity index is 1.98. The Morgan fingerprint density at radius 2 is 1.82 bits per heavy atom. The summed E-state index contributed by atoms with van der Waals surface area (Å²) in [6.07, 6.45) is 5.27. The van der Waals surface area contributed by atoms with Crippen LogP contribution in [0.5, 0.6) is 0 Å². The number of benzene rings is 2. The lowest BCUT2D eigenvalue weighted by Gasteiger charge is -2.23. The summed E-state index contributed by atoms with van der Waals surface area (Å²) in [7, 11) is 4.13. The van der Waals surface area contributed by atoms with Crippen molar-refractivity contribution < 1.29 is 0 Å². The molecule has 0 aliphatic rings. The molecule has 0 fully saturated rings. The fourth-order valence-corrected chi connectivity index (χ4v) is 3.13. The van der Waals surface area contributed by atoms with Crippen molar-refractivity contribution in [2.24, 2.45) is 4.99 Å². The van der Waals surface area contributed by atoms with Crippen LogP contribution in [0.1, 0.15) is 23.6 Å². The Hall–Kier alpha value is -3.15. The minimum absolute atomic E-state index is 0.839. The van der Waals surface area contributed by atoms with Gasteiger partial charge < -0.3 is 9.80 Å². The summed E-state index contributed by atoms with van der Waals surface area (Å²) in [5.74, 6) is 0. The molecular weight excluding hydrogens is 348 g/mol. The highest BCUT2D eigenvalue weighted by Crippen LogP contribution is 2.32. The van der Waals surface area contributed by atoms with Crippen molar-refractivity contribution in [2.45, 2.75) is 27.3 Å². The van der Waals surface area contributed by atoms with Crippen LogP contribution in [0.4, 0.5) is 11.4 Å². The third-order valence-corrected chi connectivity index (χ3v) is 4.80. The topological polar surface area (TPSA) is 49.5 Å². The van der Waals surface area contributed by atoms with E-state index >= 15 is 0 Å². The summed E-state index contributed by atoms with van der Waals surface area (Å²) in [5, 5.41) is 7.93. The number of aryl methyl sites for hydroxylation is 2. The lowest BCUT2D eigenvalue weighted by molar-refractivity contribution is 0.552. The van der Waals surface area contributed by atoms with E-state index in [1.807, 2.05) is 22.9 Å². The first-order chi connectivity index (χ1) is 13.5. The van der Waals surface area contributed by atoms with E-state index in [1.54, 1.807) is 12.7 Å². The van der Waals surface area contributed by atoms with Crippen LogP contribution in [0.25, 0.3) is 5.69 Å². The number of rotatable bonds is 7. The molecule has 0 N–H and O–H groups in total. The second-order valence-corrected chi connectivity index (χ2v) is 7.16. The predicted molar refractivity (Wildman–Crippen MR) is 116 cm³/mol. The number of hydrogen-bond acceptors (Lipinski definition) is 4. The van der Waals surface area contributed by atoms with Gasteiger partial charge in [0.2, 0.25) is 0 Å². The monoisotopic (exact) mass is 376 g/mol. The lowest BCUT2D eigenvalue weighted by Crippen LogP contribution is -2.18. The smallest absolute Gasteiger partial charge is 0.123 e. The highest BCUT2D eigenvalue weighted by Gasteiger charge is 2.13. The van der Waals surface area contributed by atoms with Crippen LogP contribution < -0.4 is 4.90 Å². The lowest BCUT2D eigenvalue weighted by atomic mass is 10.1. The second-order valence-electron chi connectivity index (χ2n) is 7.16. The molecule has 3 rings (SSSR count). The standard InChI is InChI=1S/C22H28N6/c1-6-26(4)14-23-20-11-18(3)21(12-22(20)28-15-24-25-16-28)27(5)13-19-9-7-8-17(2)10-19/h7-12,14-16H,6,13H2,1-5H3/b23-14+. The third-order valence-electron chi connectivity index (χ3n) is 4.80. The highest BCUT2D eigenvalue weighted by molar-refractivity contribution is 5.73. The molecular formula is C22H28N6. The highest BCUT2D eigenvalue weighted by atomic mass is 15.2. The van der Waals surface area contributed by atoms with Crippen molar-refractivity contribution in [1.82, 2.24) is 19.7 Å². The molecule has 1 aromatic heterocycles. The molecule has 0 bridgehead atoms. The summed E-state index contributed by atoms with van der Waals surface area (Å²) < 4.78 is 1.90. The summed E-state index contributed by atoms with van der Waals surface area (Å²) >= 11 is 0. The Labute approximate surface area is 167 Å². The van der Waals surface area contributed by atoms with E-state index in [1.165, 1.54) is 16.7 Å². The van der Waals surface area contributed by atoms with Gasteiger partial charge in [0.15, 0.2) is 0 Å². The molecule has 6 heteroatoms. The zero-order valence-electron chi connectivity index (χ0n) is 17.3. The SMILES string of the molecule is CCN(C)/C=N/c1cc(C)c(N(C)Cc2cccc(C)c2)cc1-n1cnnc1. The predicted octanol–water partition coefficient (Wildman–Crippen LogP) is 4.13. The fraction of sp³-hybridized carbons (Fsp3) is 0.318. The van der Waals surface area contributed by atoms with E-state index in [0.717, 1.165) is 30.2 Å².